The summed E-state index contributed by atoms with van der Waals surface area (Å²) < 4.78 is 0. The van der Waals surface area contributed by atoms with Gasteiger partial charge in [-0.1, -0.05) is 74.7 Å². The van der Waals surface area contributed by atoms with Gasteiger partial charge < -0.3 is 5.48 Å². The fourth-order valence-electron chi connectivity index (χ4n) is 0. The molecule has 0 fully saturated rings. The molecule has 0 aliphatic rings. The van der Waals surface area contributed by atoms with E-state index in [0.29, 0.717) is 0 Å². The first kappa shape index (κ1) is 37.7. The van der Waals surface area contributed by atoms with E-state index >= 15 is 0 Å². The highest BCUT2D eigenvalue weighted by molar-refractivity contribution is 7.59. The Kier molecular flexibility index (Phi) is 417. The highest BCUT2D eigenvalue weighted by Crippen LogP contribution is 1.56. The molecule has 0 heterocycles. The van der Waals surface area contributed by atoms with Crippen LogP contribution in [0.2, 0.25) is 0 Å². The Labute approximate surface area is 94.1 Å². The first-order chi connectivity index (χ1) is 5.24. The molecule has 0 aromatic carbocycles. The van der Waals surface area contributed by atoms with E-state index in [2.05, 4.69) is 41.5 Å². The number of hydrogen-bond donors (Lipinski definition) is 0. The van der Waals surface area contributed by atoms with E-state index in [1.54, 1.807) is 0 Å². The Balaban J connectivity index is -0.0000000121. The Hall–Kier alpha value is 0.310. The molecule has 13 heavy (non-hydrogen) atoms. The van der Waals surface area contributed by atoms with Crippen LogP contribution in [0.3, 0.4) is 0 Å². The zero-order valence-electron chi connectivity index (χ0n) is 11.1. The van der Waals surface area contributed by atoms with E-state index in [9.17, 15) is 0 Å². The van der Waals surface area contributed by atoms with E-state index < -0.39 is 0 Å². The molecule has 0 radical (unpaired) electrons. The van der Waals surface area contributed by atoms with Crippen LogP contribution in [0.1, 0.15) is 74.7 Å². The van der Waals surface area contributed by atoms with Crippen molar-refractivity contribution < 1.29 is 5.48 Å². The first-order valence-electron chi connectivity index (χ1n) is 5.24. The fraction of sp³-hybridized carbons (Fsp3) is 1.00. The molecule has 2 N–H and O–H groups in total. The van der Waals surface area contributed by atoms with Crippen molar-refractivity contribution in [3.8, 4) is 0 Å². The predicted octanol–water partition coefficient (Wildman–Crippen LogP) is 4.56. The van der Waals surface area contributed by atoms with Gasteiger partial charge in [0.25, 0.3) is 0 Å². The van der Waals surface area contributed by atoms with Crippen LogP contribution in [0.4, 0.5) is 0 Å². The van der Waals surface area contributed by atoms with Crippen LogP contribution < -0.4 is 0 Å². The van der Waals surface area contributed by atoms with Gasteiger partial charge in [0.15, 0.2) is 0 Å². The molecule has 0 amide bonds. The molecule has 0 saturated heterocycles. The summed E-state index contributed by atoms with van der Waals surface area (Å²) in [6, 6.07) is 0. The lowest BCUT2D eigenvalue weighted by Crippen LogP contribution is -1.27. The monoisotopic (exact) mass is 214 g/mol. The summed E-state index contributed by atoms with van der Waals surface area (Å²) in [7, 11) is 0. The molecule has 0 aromatic rings. The molecule has 0 rings (SSSR count). The van der Waals surface area contributed by atoms with Crippen molar-refractivity contribution in [3.05, 3.63) is 0 Å². The van der Waals surface area contributed by atoms with Crippen molar-refractivity contribution in [2.24, 2.45) is 0 Å². The summed E-state index contributed by atoms with van der Waals surface area (Å²) in [6.07, 6.45) is 3.75. The van der Waals surface area contributed by atoms with Crippen molar-refractivity contribution in [3.63, 3.8) is 0 Å². The van der Waals surface area contributed by atoms with E-state index in [1.165, 1.54) is 19.3 Å². The van der Waals surface area contributed by atoms with Crippen LogP contribution in [-0.4, -0.2) is 5.48 Å². The van der Waals surface area contributed by atoms with Gasteiger partial charge in [-0.05, 0) is 0 Å². The minimum Gasteiger partial charge on any atom is -0.412 e. The highest BCUT2D eigenvalue weighted by Gasteiger charge is 1.36. The third kappa shape index (κ3) is 13600. The lowest BCUT2D eigenvalue weighted by atomic mass is 10.6. The molecule has 90 valence electrons. The van der Waals surface area contributed by atoms with Crippen molar-refractivity contribution in [2.75, 3.05) is 0 Å². The van der Waals surface area contributed by atoms with Gasteiger partial charge in [-0.15, -0.1) is 0 Å². The van der Waals surface area contributed by atoms with Crippen LogP contribution in [0.15, 0.2) is 0 Å². The third-order valence-electron chi connectivity index (χ3n) is 0. The summed E-state index contributed by atoms with van der Waals surface area (Å²) in [5.74, 6) is 0. The van der Waals surface area contributed by atoms with Crippen molar-refractivity contribution in [1.82, 2.24) is 0 Å². The maximum Gasteiger partial charge on any atom is -0.0590 e. The Morgan fingerprint density at radius 2 is 0.538 bits per heavy atom. The highest BCUT2D eigenvalue weighted by atomic mass is 32.1. The van der Waals surface area contributed by atoms with Gasteiger partial charge in [-0.25, -0.2) is 0 Å². The molecule has 0 aliphatic carbocycles. The number of hydrogen-bond acceptors (Lipinski definition) is 0. The van der Waals surface area contributed by atoms with Crippen LogP contribution in [0.5, 0.6) is 0 Å². The Morgan fingerprint density at radius 3 is 0.538 bits per heavy atom. The van der Waals surface area contributed by atoms with E-state index in [0.717, 1.165) is 0 Å². The summed E-state index contributed by atoms with van der Waals surface area (Å²) in [4.78, 5) is 0. The Morgan fingerprint density at radius 1 is 0.538 bits per heavy atom. The molecule has 0 aromatic heterocycles. The third-order valence-corrected chi connectivity index (χ3v) is 0. The molecule has 2 heteroatoms. The first-order valence-corrected chi connectivity index (χ1v) is 5.24. The average molecular weight is 214 g/mol. The molecule has 0 saturated carbocycles. The minimum absolute atomic E-state index is 0. The molecular formula is C11H34OS. The van der Waals surface area contributed by atoms with E-state index in [4.69, 9.17) is 0 Å². The average Bonchev–Trinajstić information content (AvgIpc) is 1.96. The van der Waals surface area contributed by atoms with Crippen molar-refractivity contribution in [2.45, 2.75) is 74.7 Å². The lowest BCUT2D eigenvalue weighted by molar-refractivity contribution is 0.824. The molecule has 1 nitrogen and oxygen atoms in total. The summed E-state index contributed by atoms with van der Waals surface area (Å²) in [6.45, 7) is 16.8. The van der Waals surface area contributed by atoms with Crippen LogP contribution in [0, 0.1) is 0 Å². The normalized spacial score (nSPS) is 4.62. The van der Waals surface area contributed by atoms with Crippen molar-refractivity contribution >= 4 is 13.5 Å². The minimum atomic E-state index is 0. The summed E-state index contributed by atoms with van der Waals surface area (Å²) in [5.41, 5.74) is 0. The number of rotatable bonds is 0. The maximum atomic E-state index is 2.12. The molecule has 0 spiro atoms. The summed E-state index contributed by atoms with van der Waals surface area (Å²) >= 11 is 0. The molecule has 0 aliphatic heterocycles. The topological polar surface area (TPSA) is 31.5 Å². The Bertz CT molecular complexity index is 14.8. The lowest BCUT2D eigenvalue weighted by Gasteiger charge is -1.48. The van der Waals surface area contributed by atoms with Gasteiger partial charge >= 0.3 is 0 Å². The van der Waals surface area contributed by atoms with Gasteiger partial charge in [-0.2, -0.15) is 13.5 Å². The van der Waals surface area contributed by atoms with Gasteiger partial charge in [0, 0.05) is 0 Å². The van der Waals surface area contributed by atoms with Crippen LogP contribution >= 0.6 is 13.5 Å². The SMILES string of the molecule is CC.CCC.CCC.CCC.O.S. The maximum absolute atomic E-state index is 2.12. The van der Waals surface area contributed by atoms with Crippen LogP contribution in [0.25, 0.3) is 0 Å². The van der Waals surface area contributed by atoms with Gasteiger partial charge in [-0.3, -0.25) is 0 Å². The standard InChI is InChI=1S/3C3H8.C2H6.H2O.H2S/c3*1-3-2;1-2;;/h3*3H2,1-2H3;1-2H3;2*1H2. The second kappa shape index (κ2) is 144. The molecule has 0 atom stereocenters. The predicted molar refractivity (Wildman–Crippen MR) is 73.2 cm³/mol. The second-order valence-corrected chi connectivity index (χ2v) is 2.12. The van der Waals surface area contributed by atoms with Gasteiger partial charge in [0.05, 0.1) is 0 Å². The second-order valence-electron chi connectivity index (χ2n) is 2.12. The zero-order chi connectivity index (χ0) is 10.1. The zero-order valence-corrected chi connectivity index (χ0v) is 12.1. The molecule has 0 unspecified atom stereocenters. The van der Waals surface area contributed by atoms with Gasteiger partial charge in [0.1, 0.15) is 0 Å². The largest absolute Gasteiger partial charge is 0.412 e. The molecular weight excluding hydrogens is 180 g/mol. The molecule has 0 bridgehead atoms. The van der Waals surface area contributed by atoms with E-state index in [1.807, 2.05) is 13.8 Å². The van der Waals surface area contributed by atoms with Crippen LogP contribution in [-0.2, 0) is 0 Å². The quantitative estimate of drug-likeness (QED) is 0.566. The fourth-order valence-corrected chi connectivity index (χ4v) is 0. The van der Waals surface area contributed by atoms with Crippen molar-refractivity contribution in [1.29, 1.82) is 0 Å². The van der Waals surface area contributed by atoms with E-state index in [-0.39, 0.29) is 19.0 Å². The summed E-state index contributed by atoms with van der Waals surface area (Å²) in [5, 5.41) is 0. The smallest absolute Gasteiger partial charge is 0.0590 e. The van der Waals surface area contributed by atoms with Gasteiger partial charge in [0.2, 0.25) is 0 Å².